The van der Waals surface area contributed by atoms with Gasteiger partial charge in [-0.3, -0.25) is 0 Å². The van der Waals surface area contributed by atoms with Crippen molar-refractivity contribution in [2.75, 3.05) is 13.2 Å². The Labute approximate surface area is 186 Å². The van der Waals surface area contributed by atoms with E-state index in [9.17, 15) is 4.79 Å². The van der Waals surface area contributed by atoms with Crippen molar-refractivity contribution in [3.8, 4) is 11.5 Å². The molecule has 3 aromatic rings. The lowest BCUT2D eigenvalue weighted by atomic mass is 9.78. The molecule has 0 spiro atoms. The summed E-state index contributed by atoms with van der Waals surface area (Å²) in [6, 6.07) is 15.8. The number of hydrogen-bond donors (Lipinski definition) is 3. The highest BCUT2D eigenvalue weighted by molar-refractivity contribution is 5.64. The molecule has 1 aromatic heterocycles. The summed E-state index contributed by atoms with van der Waals surface area (Å²) in [5.41, 5.74) is 2.53. The van der Waals surface area contributed by atoms with Crippen molar-refractivity contribution in [2.24, 2.45) is 0 Å². The van der Waals surface area contributed by atoms with E-state index in [1.54, 1.807) is 0 Å². The summed E-state index contributed by atoms with van der Waals surface area (Å²) < 4.78 is 16.6. The van der Waals surface area contributed by atoms with Gasteiger partial charge in [0.2, 0.25) is 5.89 Å². The van der Waals surface area contributed by atoms with Gasteiger partial charge in [-0.15, -0.1) is 0 Å². The molecule has 0 atom stereocenters. The van der Waals surface area contributed by atoms with E-state index in [2.05, 4.69) is 24.1 Å². The zero-order valence-corrected chi connectivity index (χ0v) is 18.2. The van der Waals surface area contributed by atoms with Gasteiger partial charge in [-0.05, 0) is 41.8 Å². The van der Waals surface area contributed by atoms with E-state index in [0.29, 0.717) is 36.9 Å². The highest BCUT2D eigenvalue weighted by atomic mass is 16.5. The number of ether oxygens (including phenoxy) is 2. The Morgan fingerprint density at radius 2 is 1.62 bits per heavy atom. The smallest absolute Gasteiger partial charge is 0.404 e. The summed E-state index contributed by atoms with van der Waals surface area (Å²) in [6.45, 7) is 5.14. The van der Waals surface area contributed by atoms with Gasteiger partial charge >= 0.3 is 6.09 Å². The Bertz CT molecular complexity index is 996. The topological polar surface area (TPSA) is 114 Å². The maximum atomic E-state index is 10.4. The first-order valence-electron chi connectivity index (χ1n) is 10.4. The second kappa shape index (κ2) is 10.7. The number of nitrogens with one attached hydrogen (secondary N) is 1. The molecule has 0 fully saturated rings. The molecule has 0 aliphatic heterocycles. The monoisotopic (exact) mass is 440 g/mol. The van der Waals surface area contributed by atoms with E-state index < -0.39 is 6.09 Å². The van der Waals surface area contributed by atoms with Crippen LogP contribution in [0.5, 0.6) is 11.5 Å². The minimum absolute atomic E-state index is 0.162. The zero-order valence-electron chi connectivity index (χ0n) is 18.2. The number of oxazole rings is 1. The Morgan fingerprint density at radius 3 is 2.16 bits per heavy atom. The van der Waals surface area contributed by atoms with Gasteiger partial charge in [-0.2, -0.15) is 0 Å². The van der Waals surface area contributed by atoms with Crippen LogP contribution in [0.1, 0.15) is 43.0 Å². The quantitative estimate of drug-likeness (QED) is 0.385. The van der Waals surface area contributed by atoms with Crippen molar-refractivity contribution in [1.29, 1.82) is 0 Å². The molecule has 0 aliphatic carbocycles. The first-order valence-corrected chi connectivity index (χ1v) is 10.4. The normalized spacial score (nSPS) is 11.2. The lowest BCUT2D eigenvalue weighted by Crippen LogP contribution is -2.23. The largest absolute Gasteiger partial charge is 0.494 e. The van der Waals surface area contributed by atoms with Crippen LogP contribution in [0.2, 0.25) is 0 Å². The second-order valence-electron chi connectivity index (χ2n) is 7.79. The summed E-state index contributed by atoms with van der Waals surface area (Å²) in [6.07, 6.45) is 0.992. The highest BCUT2D eigenvalue weighted by Gasteiger charge is 2.23. The molecule has 0 saturated carbocycles. The van der Waals surface area contributed by atoms with Crippen LogP contribution in [-0.2, 0) is 18.6 Å². The van der Waals surface area contributed by atoms with Crippen molar-refractivity contribution in [3.63, 3.8) is 0 Å². The van der Waals surface area contributed by atoms with Gasteiger partial charge < -0.3 is 29.4 Å². The molecule has 0 radical (unpaired) electrons. The molecule has 3 N–H and O–H groups in total. The van der Waals surface area contributed by atoms with Crippen LogP contribution in [0.25, 0.3) is 0 Å². The molecule has 170 valence electrons. The second-order valence-corrected chi connectivity index (χ2v) is 7.79. The van der Waals surface area contributed by atoms with Gasteiger partial charge in [0.1, 0.15) is 23.5 Å². The number of carboxylic acid groups (broad SMARTS) is 1. The van der Waals surface area contributed by atoms with Crippen LogP contribution >= 0.6 is 0 Å². The minimum Gasteiger partial charge on any atom is -0.494 e. The maximum Gasteiger partial charge on any atom is 0.404 e. The first kappa shape index (κ1) is 23.1. The standard InChI is InChI=1S/C24H28N2O6/c1-24(2,17-4-8-20(9-5-17)30-13-3-12-25-23(28)29)18-6-10-21(11-7-18)31-16-22-26-19(14-27)15-32-22/h4-11,15,25,27H,3,12-14,16H2,1-2H3,(H,28,29). The van der Waals surface area contributed by atoms with E-state index in [4.69, 9.17) is 24.1 Å². The molecule has 8 nitrogen and oxygen atoms in total. The van der Waals surface area contributed by atoms with Gasteiger partial charge in [-0.25, -0.2) is 9.78 Å². The van der Waals surface area contributed by atoms with Crippen LogP contribution in [0.3, 0.4) is 0 Å². The van der Waals surface area contributed by atoms with E-state index in [1.165, 1.54) is 6.26 Å². The number of aromatic nitrogens is 1. The average molecular weight is 440 g/mol. The lowest BCUT2D eigenvalue weighted by molar-refractivity contribution is 0.193. The highest BCUT2D eigenvalue weighted by Crippen LogP contribution is 2.33. The third-order valence-electron chi connectivity index (χ3n) is 5.14. The summed E-state index contributed by atoms with van der Waals surface area (Å²) in [5.74, 6) is 1.87. The molecule has 0 bridgehead atoms. The number of aliphatic hydroxyl groups excluding tert-OH is 1. The molecule has 0 saturated heterocycles. The van der Waals surface area contributed by atoms with E-state index in [1.807, 2.05) is 48.5 Å². The fraction of sp³-hybridized carbons (Fsp3) is 0.333. The van der Waals surface area contributed by atoms with E-state index >= 15 is 0 Å². The Morgan fingerprint density at radius 1 is 1.03 bits per heavy atom. The lowest BCUT2D eigenvalue weighted by Gasteiger charge is -2.26. The van der Waals surface area contributed by atoms with Gasteiger partial charge in [-0.1, -0.05) is 38.1 Å². The van der Waals surface area contributed by atoms with Crippen LogP contribution < -0.4 is 14.8 Å². The van der Waals surface area contributed by atoms with Crippen LogP contribution in [0.4, 0.5) is 4.79 Å². The molecule has 32 heavy (non-hydrogen) atoms. The molecular weight excluding hydrogens is 412 g/mol. The first-order chi connectivity index (χ1) is 15.4. The van der Waals surface area contributed by atoms with Crippen molar-refractivity contribution in [3.05, 3.63) is 77.5 Å². The number of rotatable bonds is 11. The molecule has 1 amide bonds. The molecule has 1 heterocycles. The Hall–Kier alpha value is -3.52. The van der Waals surface area contributed by atoms with E-state index in [0.717, 1.165) is 16.9 Å². The zero-order chi connectivity index (χ0) is 23.0. The summed E-state index contributed by atoms with van der Waals surface area (Å²) in [5, 5.41) is 19.9. The predicted molar refractivity (Wildman–Crippen MR) is 118 cm³/mol. The predicted octanol–water partition coefficient (Wildman–Crippen LogP) is 4.11. The summed E-state index contributed by atoms with van der Waals surface area (Å²) in [7, 11) is 0. The van der Waals surface area contributed by atoms with Gasteiger partial charge in [0.25, 0.3) is 0 Å². The molecule has 3 rings (SSSR count). The Kier molecular flexibility index (Phi) is 7.72. The average Bonchev–Trinajstić information content (AvgIpc) is 3.26. The van der Waals surface area contributed by atoms with Crippen LogP contribution in [0, 0.1) is 0 Å². The van der Waals surface area contributed by atoms with Crippen LogP contribution in [-0.4, -0.2) is 34.4 Å². The van der Waals surface area contributed by atoms with Crippen LogP contribution in [0.15, 0.2) is 59.2 Å². The van der Waals surface area contributed by atoms with Crippen molar-refractivity contribution in [2.45, 2.75) is 38.9 Å². The number of hydrogen-bond acceptors (Lipinski definition) is 6. The molecular formula is C24H28N2O6. The van der Waals surface area contributed by atoms with Crippen molar-refractivity contribution in [1.82, 2.24) is 10.3 Å². The van der Waals surface area contributed by atoms with Gasteiger partial charge in [0, 0.05) is 12.0 Å². The van der Waals surface area contributed by atoms with Crippen molar-refractivity contribution < 1.29 is 28.9 Å². The third-order valence-corrected chi connectivity index (χ3v) is 5.14. The summed E-state index contributed by atoms with van der Waals surface area (Å²) in [4.78, 5) is 14.5. The fourth-order valence-corrected chi connectivity index (χ4v) is 3.19. The molecule has 2 aromatic carbocycles. The number of aliphatic hydroxyl groups is 1. The van der Waals surface area contributed by atoms with Gasteiger partial charge in [0.15, 0.2) is 6.61 Å². The van der Waals surface area contributed by atoms with E-state index in [-0.39, 0.29) is 18.6 Å². The minimum atomic E-state index is -1.03. The number of nitrogens with zero attached hydrogens (tertiary/aromatic N) is 1. The molecule has 8 heteroatoms. The van der Waals surface area contributed by atoms with Gasteiger partial charge in [0.05, 0.1) is 13.2 Å². The third kappa shape index (κ3) is 6.24. The number of benzene rings is 2. The SMILES string of the molecule is CC(C)(c1ccc(OCCCNC(=O)O)cc1)c1ccc(OCc2nc(CO)co2)cc1. The van der Waals surface area contributed by atoms with Crippen molar-refractivity contribution >= 4 is 6.09 Å². The molecule has 0 unspecified atom stereocenters. The molecule has 0 aliphatic rings. The number of amides is 1. The maximum absolute atomic E-state index is 10.4. The fourth-order valence-electron chi connectivity index (χ4n) is 3.19. The number of carbonyl (C=O) groups is 1. The Balaban J connectivity index is 1.55. The summed E-state index contributed by atoms with van der Waals surface area (Å²) >= 11 is 0.